The van der Waals surface area contributed by atoms with E-state index < -0.39 is 10.0 Å². The Bertz CT molecular complexity index is 979. The Hall–Kier alpha value is -2.51. The van der Waals surface area contributed by atoms with Gasteiger partial charge >= 0.3 is 0 Å². The van der Waals surface area contributed by atoms with Crippen molar-refractivity contribution >= 4 is 10.0 Å². The minimum absolute atomic E-state index is 0.188. The molecule has 3 aromatic rings. The van der Waals surface area contributed by atoms with Crippen molar-refractivity contribution in [2.45, 2.75) is 31.6 Å². The zero-order chi connectivity index (χ0) is 18.6. The van der Waals surface area contributed by atoms with Gasteiger partial charge in [-0.3, -0.25) is 0 Å². The zero-order valence-electron chi connectivity index (χ0n) is 14.8. The first-order chi connectivity index (χ1) is 12.5. The van der Waals surface area contributed by atoms with E-state index in [1.165, 1.54) is 0 Å². The molecule has 7 heteroatoms. The van der Waals surface area contributed by atoms with Crippen LogP contribution in [-0.2, 0) is 22.9 Å². The average molecular weight is 371 g/mol. The van der Waals surface area contributed by atoms with Crippen molar-refractivity contribution in [2.75, 3.05) is 6.54 Å². The lowest BCUT2D eigenvalue weighted by atomic mass is 10.1. The summed E-state index contributed by atoms with van der Waals surface area (Å²) in [5.74, 6) is 0.906. The van der Waals surface area contributed by atoms with Crippen LogP contribution >= 0.6 is 0 Å². The van der Waals surface area contributed by atoms with Crippen molar-refractivity contribution in [3.8, 4) is 11.4 Å². The quantitative estimate of drug-likeness (QED) is 0.690. The first-order valence-corrected chi connectivity index (χ1v) is 9.95. The summed E-state index contributed by atoms with van der Waals surface area (Å²) in [6.07, 6.45) is 1.19. The summed E-state index contributed by atoms with van der Waals surface area (Å²) in [7, 11) is -3.55. The molecule has 0 bridgehead atoms. The van der Waals surface area contributed by atoms with Gasteiger partial charge in [0.15, 0.2) is 0 Å². The summed E-state index contributed by atoms with van der Waals surface area (Å²) < 4.78 is 32.4. The lowest BCUT2D eigenvalue weighted by Crippen LogP contribution is -2.26. The van der Waals surface area contributed by atoms with Gasteiger partial charge in [0.25, 0.3) is 0 Å². The smallest absolute Gasteiger partial charge is 0.240 e. The SMILES string of the molecule is CCc1ccc(S(=O)(=O)NCCc2nc(-c3ccccc3C)no2)cc1. The molecule has 26 heavy (non-hydrogen) atoms. The van der Waals surface area contributed by atoms with Gasteiger partial charge < -0.3 is 4.52 Å². The van der Waals surface area contributed by atoms with Gasteiger partial charge in [0.05, 0.1) is 4.90 Å². The van der Waals surface area contributed by atoms with Gasteiger partial charge in [0, 0.05) is 18.5 Å². The number of rotatable bonds is 7. The van der Waals surface area contributed by atoms with Crippen molar-refractivity contribution in [1.82, 2.24) is 14.9 Å². The zero-order valence-corrected chi connectivity index (χ0v) is 15.6. The number of hydrogen-bond acceptors (Lipinski definition) is 5. The lowest BCUT2D eigenvalue weighted by molar-refractivity contribution is 0.379. The molecular formula is C19H21N3O3S. The molecule has 0 unspecified atom stereocenters. The number of hydrogen-bond donors (Lipinski definition) is 1. The van der Waals surface area contributed by atoms with E-state index in [1.54, 1.807) is 12.1 Å². The van der Waals surface area contributed by atoms with Crippen LogP contribution in [-0.4, -0.2) is 25.1 Å². The summed E-state index contributed by atoms with van der Waals surface area (Å²) >= 11 is 0. The molecule has 3 rings (SSSR count). The van der Waals surface area contributed by atoms with E-state index in [2.05, 4.69) is 14.9 Å². The molecule has 1 aromatic heterocycles. The average Bonchev–Trinajstić information content (AvgIpc) is 3.10. The van der Waals surface area contributed by atoms with Gasteiger partial charge in [-0.05, 0) is 36.6 Å². The van der Waals surface area contributed by atoms with Crippen LogP contribution in [0.2, 0.25) is 0 Å². The lowest BCUT2D eigenvalue weighted by Gasteiger charge is -2.06. The molecule has 0 fully saturated rings. The number of aryl methyl sites for hydroxylation is 2. The van der Waals surface area contributed by atoms with Crippen LogP contribution in [0.25, 0.3) is 11.4 Å². The second-order valence-electron chi connectivity index (χ2n) is 5.97. The first-order valence-electron chi connectivity index (χ1n) is 8.47. The summed E-state index contributed by atoms with van der Waals surface area (Å²) in [6.45, 7) is 4.19. The van der Waals surface area contributed by atoms with E-state index in [4.69, 9.17) is 4.52 Å². The van der Waals surface area contributed by atoms with Crippen molar-refractivity contribution < 1.29 is 12.9 Å². The van der Waals surface area contributed by atoms with Crippen LogP contribution in [0.15, 0.2) is 57.9 Å². The molecule has 0 saturated heterocycles. The summed E-state index contributed by atoms with van der Waals surface area (Å²) in [5.41, 5.74) is 3.05. The molecule has 0 aliphatic rings. The third-order valence-corrected chi connectivity index (χ3v) is 5.60. The maximum atomic E-state index is 12.3. The van der Waals surface area contributed by atoms with Crippen molar-refractivity contribution in [2.24, 2.45) is 0 Å². The Kier molecular flexibility index (Phi) is 5.49. The number of aromatic nitrogens is 2. The second-order valence-corrected chi connectivity index (χ2v) is 7.74. The minimum atomic E-state index is -3.55. The van der Waals surface area contributed by atoms with Crippen LogP contribution in [0, 0.1) is 6.92 Å². The Labute approximate surface area is 153 Å². The standard InChI is InChI=1S/C19H21N3O3S/c1-3-15-8-10-16(11-9-15)26(23,24)20-13-12-18-21-19(22-25-18)17-7-5-4-6-14(17)2/h4-11,20H,3,12-13H2,1-2H3. The second kappa shape index (κ2) is 7.80. The van der Waals surface area contributed by atoms with Gasteiger partial charge in [0.2, 0.25) is 21.7 Å². The highest BCUT2D eigenvalue weighted by atomic mass is 32.2. The fourth-order valence-corrected chi connectivity index (χ4v) is 3.60. The molecule has 0 spiro atoms. The van der Waals surface area contributed by atoms with E-state index in [-0.39, 0.29) is 11.4 Å². The topological polar surface area (TPSA) is 85.1 Å². The molecule has 6 nitrogen and oxygen atoms in total. The van der Waals surface area contributed by atoms with Gasteiger partial charge in [0.1, 0.15) is 0 Å². The molecule has 0 atom stereocenters. The number of nitrogens with one attached hydrogen (secondary N) is 1. The van der Waals surface area contributed by atoms with Crippen molar-refractivity contribution in [1.29, 1.82) is 0 Å². The van der Waals surface area contributed by atoms with Gasteiger partial charge in [-0.25, -0.2) is 13.1 Å². The maximum absolute atomic E-state index is 12.3. The van der Waals surface area contributed by atoms with Crippen molar-refractivity contribution in [3.63, 3.8) is 0 Å². The summed E-state index contributed by atoms with van der Waals surface area (Å²) in [4.78, 5) is 4.59. The summed E-state index contributed by atoms with van der Waals surface area (Å²) in [6, 6.07) is 14.6. The molecular weight excluding hydrogens is 350 g/mol. The van der Waals surface area contributed by atoms with E-state index in [9.17, 15) is 8.42 Å². The molecule has 1 heterocycles. The van der Waals surface area contributed by atoms with Crippen LogP contribution < -0.4 is 4.72 Å². The molecule has 2 aromatic carbocycles. The Morgan fingerprint density at radius 1 is 1.08 bits per heavy atom. The first kappa shape index (κ1) is 18.3. The van der Waals surface area contributed by atoms with Crippen LogP contribution in [0.1, 0.15) is 23.9 Å². The molecule has 0 radical (unpaired) electrons. The number of benzene rings is 2. The maximum Gasteiger partial charge on any atom is 0.240 e. The van der Waals surface area contributed by atoms with Gasteiger partial charge in [-0.1, -0.05) is 48.5 Å². The highest BCUT2D eigenvalue weighted by Crippen LogP contribution is 2.19. The van der Waals surface area contributed by atoms with Gasteiger partial charge in [-0.2, -0.15) is 4.98 Å². The normalized spacial score (nSPS) is 11.6. The third kappa shape index (κ3) is 4.17. The predicted octanol–water partition coefficient (Wildman–Crippen LogP) is 3.13. The van der Waals surface area contributed by atoms with E-state index >= 15 is 0 Å². The molecule has 0 aliphatic carbocycles. The monoisotopic (exact) mass is 371 g/mol. The largest absolute Gasteiger partial charge is 0.339 e. The minimum Gasteiger partial charge on any atom is -0.339 e. The van der Waals surface area contributed by atoms with Crippen LogP contribution in [0.5, 0.6) is 0 Å². The predicted molar refractivity (Wildman–Crippen MR) is 99.2 cm³/mol. The molecule has 136 valence electrons. The number of nitrogens with zero attached hydrogens (tertiary/aromatic N) is 2. The highest BCUT2D eigenvalue weighted by molar-refractivity contribution is 7.89. The number of sulfonamides is 1. The Morgan fingerprint density at radius 3 is 2.50 bits per heavy atom. The van der Waals surface area contributed by atoms with Gasteiger partial charge in [-0.15, -0.1) is 0 Å². The summed E-state index contributed by atoms with van der Waals surface area (Å²) in [5, 5.41) is 3.98. The highest BCUT2D eigenvalue weighted by Gasteiger charge is 2.15. The van der Waals surface area contributed by atoms with Crippen LogP contribution in [0.4, 0.5) is 0 Å². The molecule has 1 N–H and O–H groups in total. The molecule has 0 amide bonds. The van der Waals surface area contributed by atoms with Crippen molar-refractivity contribution in [3.05, 3.63) is 65.5 Å². The molecule has 0 aliphatic heterocycles. The fourth-order valence-electron chi connectivity index (χ4n) is 2.57. The van der Waals surface area contributed by atoms with E-state index in [0.29, 0.717) is 18.1 Å². The Balaban J connectivity index is 1.62. The molecule has 0 saturated carbocycles. The van der Waals surface area contributed by atoms with E-state index in [1.807, 2.05) is 50.2 Å². The van der Waals surface area contributed by atoms with E-state index in [0.717, 1.165) is 23.1 Å². The Morgan fingerprint density at radius 2 is 1.81 bits per heavy atom. The third-order valence-electron chi connectivity index (χ3n) is 4.13. The fraction of sp³-hybridized carbons (Fsp3) is 0.263. The van der Waals surface area contributed by atoms with Crippen LogP contribution in [0.3, 0.4) is 0 Å².